The first-order valence-electron chi connectivity index (χ1n) is 9.93. The minimum absolute atomic E-state index is 0.134. The number of aryl methyl sites for hydroxylation is 1. The maximum Gasteiger partial charge on any atom is 0.255 e. The molecule has 0 spiro atoms. The van der Waals surface area contributed by atoms with E-state index in [4.69, 9.17) is 5.73 Å². The van der Waals surface area contributed by atoms with E-state index in [-0.39, 0.29) is 24.1 Å². The molecule has 1 unspecified atom stereocenters. The zero-order valence-corrected chi connectivity index (χ0v) is 15.7. The van der Waals surface area contributed by atoms with Crippen LogP contribution in [0.1, 0.15) is 73.0 Å². The number of rotatable bonds is 9. The van der Waals surface area contributed by atoms with Crippen LogP contribution in [-0.2, 0) is 22.6 Å². The summed E-state index contributed by atoms with van der Waals surface area (Å²) >= 11 is 0. The molecule has 27 heavy (non-hydrogen) atoms. The van der Waals surface area contributed by atoms with Crippen molar-refractivity contribution < 1.29 is 14.4 Å². The first-order valence-corrected chi connectivity index (χ1v) is 9.93. The highest BCUT2D eigenvalue weighted by Crippen LogP contribution is 2.29. The first-order chi connectivity index (χ1) is 13.1. The topological polar surface area (TPSA) is 105 Å². The van der Waals surface area contributed by atoms with Gasteiger partial charge in [-0.1, -0.05) is 25.7 Å². The SMILES string of the molecule is NCCCCCCCCc1nccc2c1CN(C1CCC(=O)NC1=O)C2=O. The van der Waals surface area contributed by atoms with Gasteiger partial charge in [-0.25, -0.2) is 0 Å². The zero-order valence-electron chi connectivity index (χ0n) is 15.7. The average molecular weight is 372 g/mol. The number of carbonyl (C=O) groups excluding carboxylic acids is 3. The molecule has 1 saturated heterocycles. The molecule has 3 N–H and O–H groups in total. The van der Waals surface area contributed by atoms with Crippen LogP contribution in [-0.4, -0.2) is 40.2 Å². The Morgan fingerprint density at radius 2 is 1.85 bits per heavy atom. The fraction of sp³-hybridized carbons (Fsp3) is 0.600. The first kappa shape index (κ1) is 19.5. The van der Waals surface area contributed by atoms with Gasteiger partial charge in [-0.2, -0.15) is 0 Å². The highest BCUT2D eigenvalue weighted by atomic mass is 16.2. The van der Waals surface area contributed by atoms with E-state index in [1.807, 2.05) is 0 Å². The Balaban J connectivity index is 1.59. The molecule has 0 bridgehead atoms. The number of hydrogen-bond donors (Lipinski definition) is 2. The number of amides is 3. The third-order valence-corrected chi connectivity index (χ3v) is 5.42. The van der Waals surface area contributed by atoms with Crippen LogP contribution in [0.15, 0.2) is 12.3 Å². The molecular weight excluding hydrogens is 344 g/mol. The van der Waals surface area contributed by atoms with Crippen molar-refractivity contribution in [2.45, 2.75) is 70.4 Å². The number of pyridine rings is 1. The Labute approximate surface area is 159 Å². The fourth-order valence-corrected chi connectivity index (χ4v) is 3.90. The van der Waals surface area contributed by atoms with Crippen LogP contribution in [0, 0.1) is 0 Å². The second-order valence-electron chi connectivity index (χ2n) is 7.34. The maximum atomic E-state index is 12.8. The van der Waals surface area contributed by atoms with Crippen LogP contribution >= 0.6 is 0 Å². The van der Waals surface area contributed by atoms with Crippen LogP contribution < -0.4 is 11.1 Å². The average Bonchev–Trinajstić information content (AvgIpc) is 2.98. The quantitative estimate of drug-likeness (QED) is 0.507. The molecule has 2 aliphatic rings. The fourth-order valence-electron chi connectivity index (χ4n) is 3.90. The predicted octanol–water partition coefficient (Wildman–Crippen LogP) is 1.68. The summed E-state index contributed by atoms with van der Waals surface area (Å²) in [4.78, 5) is 42.4. The van der Waals surface area contributed by atoms with Crippen molar-refractivity contribution in [1.82, 2.24) is 15.2 Å². The molecule has 1 fully saturated rings. The second kappa shape index (κ2) is 9.08. The van der Waals surface area contributed by atoms with Gasteiger partial charge in [0.2, 0.25) is 11.8 Å². The van der Waals surface area contributed by atoms with Gasteiger partial charge in [-0.15, -0.1) is 0 Å². The van der Waals surface area contributed by atoms with E-state index in [0.29, 0.717) is 18.5 Å². The number of aromatic nitrogens is 1. The molecule has 3 rings (SSSR count). The minimum Gasteiger partial charge on any atom is -0.330 e. The second-order valence-corrected chi connectivity index (χ2v) is 7.34. The number of nitrogens with two attached hydrogens (primary N) is 1. The molecule has 1 atom stereocenters. The summed E-state index contributed by atoms with van der Waals surface area (Å²) in [6.45, 7) is 1.16. The number of nitrogens with one attached hydrogen (secondary N) is 1. The number of piperidine rings is 1. The Bertz CT molecular complexity index is 719. The summed E-state index contributed by atoms with van der Waals surface area (Å²) in [5.41, 5.74) is 8.05. The zero-order chi connectivity index (χ0) is 19.2. The van der Waals surface area contributed by atoms with Gasteiger partial charge >= 0.3 is 0 Å². The van der Waals surface area contributed by atoms with Crippen molar-refractivity contribution in [1.29, 1.82) is 0 Å². The monoisotopic (exact) mass is 372 g/mol. The standard InChI is InChI=1S/C20H28N4O3/c21-11-6-4-2-1-3-5-7-16-15-13-24(20(27)14(15)10-12-22-16)17-8-9-18(25)23-19(17)26/h10,12,17H,1-9,11,13,21H2,(H,23,25,26). The van der Waals surface area contributed by atoms with Gasteiger partial charge in [0, 0.05) is 36.0 Å². The van der Waals surface area contributed by atoms with E-state index in [2.05, 4.69) is 10.3 Å². The van der Waals surface area contributed by atoms with E-state index in [9.17, 15) is 14.4 Å². The van der Waals surface area contributed by atoms with Crippen molar-refractivity contribution in [3.8, 4) is 0 Å². The van der Waals surface area contributed by atoms with Crippen LogP contribution in [0.5, 0.6) is 0 Å². The lowest BCUT2D eigenvalue weighted by Crippen LogP contribution is -2.52. The Kier molecular flexibility index (Phi) is 6.55. The molecule has 0 saturated carbocycles. The summed E-state index contributed by atoms with van der Waals surface area (Å²) in [5.74, 6) is -0.779. The Hall–Kier alpha value is -2.28. The number of fused-ring (bicyclic) bond motifs is 1. The number of nitrogens with zero attached hydrogens (tertiary/aromatic N) is 2. The number of imide groups is 1. The van der Waals surface area contributed by atoms with Gasteiger partial charge in [0.25, 0.3) is 5.91 Å². The van der Waals surface area contributed by atoms with Gasteiger partial charge in [0.05, 0.1) is 0 Å². The molecule has 7 nitrogen and oxygen atoms in total. The molecule has 0 aromatic carbocycles. The molecule has 3 amide bonds. The van der Waals surface area contributed by atoms with E-state index in [1.54, 1.807) is 17.2 Å². The highest BCUT2D eigenvalue weighted by Gasteiger charge is 2.39. The predicted molar refractivity (Wildman–Crippen MR) is 101 cm³/mol. The van der Waals surface area contributed by atoms with Gasteiger partial charge in [-0.05, 0) is 38.3 Å². The lowest BCUT2D eigenvalue weighted by atomic mass is 10.0. The maximum absolute atomic E-state index is 12.8. The van der Waals surface area contributed by atoms with Gasteiger partial charge in [0.1, 0.15) is 6.04 Å². The van der Waals surface area contributed by atoms with E-state index in [1.165, 1.54) is 19.3 Å². The molecule has 1 aromatic rings. The number of unbranched alkanes of at least 4 members (excludes halogenated alkanes) is 5. The van der Waals surface area contributed by atoms with Gasteiger partial charge < -0.3 is 10.6 Å². The van der Waals surface area contributed by atoms with Crippen LogP contribution in [0.2, 0.25) is 0 Å². The third kappa shape index (κ3) is 4.53. The molecule has 0 radical (unpaired) electrons. The number of hydrogen-bond acceptors (Lipinski definition) is 5. The van der Waals surface area contributed by atoms with Crippen molar-refractivity contribution in [3.05, 3.63) is 29.1 Å². The van der Waals surface area contributed by atoms with Crippen molar-refractivity contribution in [3.63, 3.8) is 0 Å². The van der Waals surface area contributed by atoms with E-state index in [0.717, 1.165) is 43.5 Å². The normalized spacial score (nSPS) is 19.4. The van der Waals surface area contributed by atoms with Crippen molar-refractivity contribution in [2.75, 3.05) is 6.54 Å². The molecule has 7 heteroatoms. The molecular formula is C20H28N4O3. The van der Waals surface area contributed by atoms with Gasteiger partial charge in [0.15, 0.2) is 0 Å². The summed E-state index contributed by atoms with van der Waals surface area (Å²) in [5, 5.41) is 2.34. The van der Waals surface area contributed by atoms with Crippen LogP contribution in [0.4, 0.5) is 0 Å². The molecule has 146 valence electrons. The Morgan fingerprint density at radius 3 is 2.59 bits per heavy atom. The van der Waals surface area contributed by atoms with E-state index < -0.39 is 6.04 Å². The summed E-state index contributed by atoms with van der Waals surface area (Å²) in [6.07, 6.45) is 10.0. The van der Waals surface area contributed by atoms with E-state index >= 15 is 0 Å². The van der Waals surface area contributed by atoms with Crippen LogP contribution in [0.25, 0.3) is 0 Å². The van der Waals surface area contributed by atoms with Crippen LogP contribution in [0.3, 0.4) is 0 Å². The summed E-state index contributed by atoms with van der Waals surface area (Å²) in [7, 11) is 0. The highest BCUT2D eigenvalue weighted by molar-refractivity contribution is 6.05. The smallest absolute Gasteiger partial charge is 0.255 e. The minimum atomic E-state index is -0.571. The lowest BCUT2D eigenvalue weighted by Gasteiger charge is -2.29. The van der Waals surface area contributed by atoms with Crippen molar-refractivity contribution in [2.24, 2.45) is 5.73 Å². The molecule has 2 aliphatic heterocycles. The largest absolute Gasteiger partial charge is 0.330 e. The molecule has 1 aromatic heterocycles. The molecule has 0 aliphatic carbocycles. The third-order valence-electron chi connectivity index (χ3n) is 5.42. The number of carbonyl (C=O) groups is 3. The summed E-state index contributed by atoms with van der Waals surface area (Å²) in [6, 6.07) is 1.16. The lowest BCUT2D eigenvalue weighted by molar-refractivity contribution is -0.136. The van der Waals surface area contributed by atoms with Gasteiger partial charge in [-0.3, -0.25) is 24.7 Å². The molecule has 3 heterocycles. The summed E-state index contributed by atoms with van der Waals surface area (Å²) < 4.78 is 0. The van der Waals surface area contributed by atoms with Crippen molar-refractivity contribution >= 4 is 17.7 Å². The Morgan fingerprint density at radius 1 is 1.11 bits per heavy atom.